The van der Waals surface area contributed by atoms with Gasteiger partial charge in [0.2, 0.25) is 0 Å². The minimum Gasteiger partial charge on any atom is -0.507 e. The Balaban J connectivity index is 2.64. The van der Waals surface area contributed by atoms with E-state index in [-0.39, 0.29) is 18.4 Å². The quantitative estimate of drug-likeness (QED) is 0.641. The number of aliphatic hydroxyl groups is 1. The van der Waals surface area contributed by atoms with Gasteiger partial charge < -0.3 is 20.3 Å². The van der Waals surface area contributed by atoms with Gasteiger partial charge in [-0.1, -0.05) is 6.07 Å². The van der Waals surface area contributed by atoms with Crippen LogP contribution >= 0.6 is 0 Å². The fourth-order valence-electron chi connectivity index (χ4n) is 1.52. The first kappa shape index (κ1) is 12.8. The van der Waals surface area contributed by atoms with Crippen molar-refractivity contribution < 1.29 is 14.9 Å². The van der Waals surface area contributed by atoms with Crippen LogP contribution < -0.4 is 10.1 Å². The van der Waals surface area contributed by atoms with Crippen LogP contribution in [0.25, 0.3) is 0 Å². The number of benzene rings is 1. The number of phenolic OH excluding ortho intramolecular Hbond substituents is 1. The van der Waals surface area contributed by atoms with Crippen LogP contribution in [0.1, 0.15) is 24.9 Å². The molecule has 1 aromatic carbocycles. The van der Waals surface area contributed by atoms with Crippen molar-refractivity contribution in [3.63, 3.8) is 0 Å². The lowest BCUT2D eigenvalue weighted by Gasteiger charge is -2.15. The van der Waals surface area contributed by atoms with Crippen molar-refractivity contribution >= 4 is 0 Å². The van der Waals surface area contributed by atoms with Crippen LogP contribution in [-0.4, -0.2) is 30.5 Å². The van der Waals surface area contributed by atoms with Gasteiger partial charge in [0.05, 0.1) is 7.11 Å². The van der Waals surface area contributed by atoms with Crippen LogP contribution in [0, 0.1) is 0 Å². The maximum absolute atomic E-state index is 9.78. The van der Waals surface area contributed by atoms with Crippen molar-refractivity contribution in [1.29, 1.82) is 0 Å². The fraction of sp³-hybridized carbons (Fsp3) is 0.500. The van der Waals surface area contributed by atoms with E-state index < -0.39 is 0 Å². The standard InChI is InChI=1S/C12H19NO3/c1-9(13-6-3-7-14)11-5-4-10(16-2)8-12(11)15/h4-5,8-9,13-15H,3,6-7H2,1-2H3. The number of methoxy groups -OCH3 is 1. The highest BCUT2D eigenvalue weighted by atomic mass is 16.5. The van der Waals surface area contributed by atoms with E-state index in [9.17, 15) is 5.11 Å². The van der Waals surface area contributed by atoms with Crippen LogP contribution in [0.4, 0.5) is 0 Å². The molecule has 16 heavy (non-hydrogen) atoms. The SMILES string of the molecule is COc1ccc(C(C)NCCCO)c(O)c1. The number of hydrogen-bond acceptors (Lipinski definition) is 4. The monoisotopic (exact) mass is 225 g/mol. The predicted octanol–water partition coefficient (Wildman–Crippen LogP) is 1.43. The Bertz CT molecular complexity index is 328. The number of nitrogens with one attached hydrogen (secondary N) is 1. The molecule has 90 valence electrons. The normalized spacial score (nSPS) is 12.4. The van der Waals surface area contributed by atoms with Crippen molar-refractivity contribution in [2.24, 2.45) is 0 Å². The Hall–Kier alpha value is -1.26. The van der Waals surface area contributed by atoms with E-state index >= 15 is 0 Å². The molecule has 0 amide bonds. The number of hydrogen-bond donors (Lipinski definition) is 3. The maximum Gasteiger partial charge on any atom is 0.124 e. The summed E-state index contributed by atoms with van der Waals surface area (Å²) >= 11 is 0. The van der Waals surface area contributed by atoms with Crippen molar-refractivity contribution in [3.05, 3.63) is 23.8 Å². The van der Waals surface area contributed by atoms with Gasteiger partial charge in [0.1, 0.15) is 11.5 Å². The van der Waals surface area contributed by atoms with E-state index in [0.29, 0.717) is 12.2 Å². The van der Waals surface area contributed by atoms with Gasteiger partial charge in [-0.3, -0.25) is 0 Å². The van der Waals surface area contributed by atoms with E-state index in [0.717, 1.165) is 12.1 Å². The molecule has 0 radical (unpaired) electrons. The molecule has 1 aromatic rings. The molecule has 0 aliphatic carbocycles. The molecule has 1 unspecified atom stereocenters. The molecule has 0 heterocycles. The summed E-state index contributed by atoms with van der Waals surface area (Å²) in [4.78, 5) is 0. The second-order valence-corrected chi connectivity index (χ2v) is 3.68. The summed E-state index contributed by atoms with van der Waals surface area (Å²) in [5.41, 5.74) is 0.832. The average Bonchev–Trinajstić information content (AvgIpc) is 2.29. The van der Waals surface area contributed by atoms with Gasteiger partial charge in [-0.2, -0.15) is 0 Å². The third kappa shape index (κ3) is 3.40. The van der Waals surface area contributed by atoms with E-state index in [1.807, 2.05) is 19.1 Å². The maximum atomic E-state index is 9.78. The van der Waals surface area contributed by atoms with Crippen LogP contribution in [0.5, 0.6) is 11.5 Å². The Kier molecular flexibility index (Phi) is 5.08. The lowest BCUT2D eigenvalue weighted by atomic mass is 10.1. The van der Waals surface area contributed by atoms with E-state index in [2.05, 4.69) is 5.32 Å². The summed E-state index contributed by atoms with van der Waals surface area (Å²) in [5.74, 6) is 0.868. The predicted molar refractivity (Wildman–Crippen MR) is 62.8 cm³/mol. The summed E-state index contributed by atoms with van der Waals surface area (Å²) in [6.45, 7) is 2.87. The lowest BCUT2D eigenvalue weighted by Crippen LogP contribution is -2.20. The molecule has 0 spiro atoms. The summed E-state index contributed by atoms with van der Waals surface area (Å²) in [5, 5.41) is 21.7. The molecule has 0 fully saturated rings. The number of aromatic hydroxyl groups is 1. The van der Waals surface area contributed by atoms with Crippen molar-refractivity contribution in [1.82, 2.24) is 5.32 Å². The average molecular weight is 225 g/mol. The van der Waals surface area contributed by atoms with Gasteiger partial charge in [0.25, 0.3) is 0 Å². The molecule has 4 nitrogen and oxygen atoms in total. The fourth-order valence-corrected chi connectivity index (χ4v) is 1.52. The third-order valence-electron chi connectivity index (χ3n) is 2.49. The molecule has 3 N–H and O–H groups in total. The Labute approximate surface area is 95.9 Å². The highest BCUT2D eigenvalue weighted by Gasteiger charge is 2.10. The Morgan fingerprint density at radius 3 is 2.75 bits per heavy atom. The van der Waals surface area contributed by atoms with Gasteiger partial charge in [0.15, 0.2) is 0 Å². The molecule has 0 aromatic heterocycles. The van der Waals surface area contributed by atoms with Crippen LogP contribution in [0.15, 0.2) is 18.2 Å². The Morgan fingerprint density at radius 2 is 2.19 bits per heavy atom. The van der Waals surface area contributed by atoms with Crippen molar-refractivity contribution in [2.75, 3.05) is 20.3 Å². The van der Waals surface area contributed by atoms with Gasteiger partial charge in [0, 0.05) is 24.3 Å². The molecule has 0 saturated heterocycles. The smallest absolute Gasteiger partial charge is 0.124 e. The highest BCUT2D eigenvalue weighted by molar-refractivity contribution is 5.41. The molecule has 4 heteroatoms. The number of ether oxygens (including phenoxy) is 1. The first-order valence-electron chi connectivity index (χ1n) is 5.40. The first-order valence-corrected chi connectivity index (χ1v) is 5.40. The van der Waals surface area contributed by atoms with Gasteiger partial charge >= 0.3 is 0 Å². The van der Waals surface area contributed by atoms with Gasteiger partial charge in [-0.05, 0) is 26.0 Å². The largest absolute Gasteiger partial charge is 0.507 e. The number of rotatable bonds is 6. The minimum atomic E-state index is 0.0532. The zero-order valence-electron chi connectivity index (χ0n) is 9.73. The van der Waals surface area contributed by atoms with E-state index in [4.69, 9.17) is 9.84 Å². The zero-order valence-corrected chi connectivity index (χ0v) is 9.73. The van der Waals surface area contributed by atoms with E-state index in [1.165, 1.54) is 0 Å². The van der Waals surface area contributed by atoms with Crippen LogP contribution in [0.2, 0.25) is 0 Å². The molecule has 1 atom stereocenters. The molecule has 0 bridgehead atoms. The first-order chi connectivity index (χ1) is 7.69. The van der Waals surface area contributed by atoms with Gasteiger partial charge in [-0.25, -0.2) is 0 Å². The number of aliphatic hydroxyl groups excluding tert-OH is 1. The van der Waals surface area contributed by atoms with Crippen molar-refractivity contribution in [3.8, 4) is 11.5 Å². The van der Waals surface area contributed by atoms with Gasteiger partial charge in [-0.15, -0.1) is 0 Å². The summed E-state index contributed by atoms with van der Waals surface area (Å²) in [7, 11) is 1.57. The lowest BCUT2D eigenvalue weighted by molar-refractivity contribution is 0.283. The summed E-state index contributed by atoms with van der Waals surface area (Å²) in [6, 6.07) is 5.31. The molecule has 0 aliphatic rings. The molecule has 1 rings (SSSR count). The zero-order chi connectivity index (χ0) is 12.0. The van der Waals surface area contributed by atoms with Crippen molar-refractivity contribution in [2.45, 2.75) is 19.4 Å². The molecule has 0 aliphatic heterocycles. The highest BCUT2D eigenvalue weighted by Crippen LogP contribution is 2.28. The molecular weight excluding hydrogens is 206 g/mol. The Morgan fingerprint density at radius 1 is 1.44 bits per heavy atom. The molecule has 0 saturated carbocycles. The topological polar surface area (TPSA) is 61.7 Å². The second-order valence-electron chi connectivity index (χ2n) is 3.68. The second kappa shape index (κ2) is 6.35. The summed E-state index contributed by atoms with van der Waals surface area (Å²) in [6.07, 6.45) is 0.710. The third-order valence-corrected chi connectivity index (χ3v) is 2.49. The van der Waals surface area contributed by atoms with E-state index in [1.54, 1.807) is 13.2 Å². The van der Waals surface area contributed by atoms with Crippen LogP contribution in [-0.2, 0) is 0 Å². The number of phenols is 1. The molecular formula is C12H19NO3. The summed E-state index contributed by atoms with van der Waals surface area (Å²) < 4.78 is 5.01. The van der Waals surface area contributed by atoms with Crippen LogP contribution in [0.3, 0.4) is 0 Å². The minimum absolute atomic E-state index is 0.0532.